The summed E-state index contributed by atoms with van der Waals surface area (Å²) in [5.41, 5.74) is 6.43. The summed E-state index contributed by atoms with van der Waals surface area (Å²) in [7, 11) is 0. The van der Waals surface area contributed by atoms with Gasteiger partial charge in [-0.2, -0.15) is 0 Å². The van der Waals surface area contributed by atoms with Crippen LogP contribution in [0.1, 0.15) is 0 Å². The predicted octanol–water partition coefficient (Wildman–Crippen LogP) is 11.4. The maximum atomic E-state index is 2.39. The Labute approximate surface area is 231 Å². The van der Waals surface area contributed by atoms with Crippen LogP contribution in [0.3, 0.4) is 0 Å². The van der Waals surface area contributed by atoms with Crippen LogP contribution in [-0.4, -0.2) is 0 Å². The molecule has 0 unspecified atom stereocenters. The van der Waals surface area contributed by atoms with E-state index in [1.165, 1.54) is 75.1 Å². The van der Waals surface area contributed by atoms with Gasteiger partial charge in [0.2, 0.25) is 0 Å². The second kappa shape index (κ2) is 8.94. The van der Waals surface area contributed by atoms with E-state index in [1.807, 2.05) is 11.3 Å². The van der Waals surface area contributed by atoms with E-state index in [1.54, 1.807) is 0 Å². The second-order valence-electron chi connectivity index (χ2n) is 10.1. The van der Waals surface area contributed by atoms with Crippen LogP contribution in [0.2, 0.25) is 0 Å². The zero-order valence-corrected chi connectivity index (χ0v) is 22.1. The van der Waals surface area contributed by atoms with E-state index in [9.17, 15) is 0 Å². The summed E-state index contributed by atoms with van der Waals surface area (Å²) in [6.45, 7) is 0. The van der Waals surface area contributed by atoms with E-state index in [4.69, 9.17) is 0 Å². The van der Waals surface area contributed by atoms with Crippen molar-refractivity contribution in [3.8, 4) is 32.7 Å². The van der Waals surface area contributed by atoms with E-state index in [0.29, 0.717) is 0 Å². The van der Waals surface area contributed by atoms with Crippen molar-refractivity contribution in [3.05, 3.63) is 146 Å². The van der Waals surface area contributed by atoms with Gasteiger partial charge in [-0.15, -0.1) is 11.3 Å². The van der Waals surface area contributed by atoms with Crippen molar-refractivity contribution in [1.29, 1.82) is 0 Å². The third kappa shape index (κ3) is 3.59. The zero-order chi connectivity index (χ0) is 25.8. The van der Waals surface area contributed by atoms with E-state index in [2.05, 4.69) is 146 Å². The molecule has 1 heteroatoms. The van der Waals surface area contributed by atoms with Crippen molar-refractivity contribution >= 4 is 53.7 Å². The Morgan fingerprint density at radius 3 is 1.62 bits per heavy atom. The van der Waals surface area contributed by atoms with E-state index < -0.39 is 0 Å². The highest BCUT2D eigenvalue weighted by atomic mass is 32.1. The molecule has 0 bridgehead atoms. The van der Waals surface area contributed by atoms with E-state index >= 15 is 0 Å². The smallest absolute Gasteiger partial charge is 0.0361 e. The number of hydrogen-bond acceptors (Lipinski definition) is 1. The van der Waals surface area contributed by atoms with Gasteiger partial charge >= 0.3 is 0 Å². The van der Waals surface area contributed by atoms with Crippen molar-refractivity contribution in [2.75, 3.05) is 0 Å². The minimum atomic E-state index is 1.25. The molecule has 0 aliphatic rings. The Hall–Kier alpha value is -4.72. The van der Waals surface area contributed by atoms with Crippen molar-refractivity contribution in [3.63, 3.8) is 0 Å². The first-order valence-electron chi connectivity index (χ1n) is 13.4. The van der Waals surface area contributed by atoms with E-state index in [0.717, 1.165) is 0 Å². The Kier molecular flexibility index (Phi) is 5.11. The molecule has 8 aromatic rings. The van der Waals surface area contributed by atoms with Crippen LogP contribution in [-0.2, 0) is 0 Å². The fraction of sp³-hybridized carbons (Fsp3) is 0. The Bertz CT molecular complexity index is 2100. The van der Waals surface area contributed by atoms with Gasteiger partial charge in [-0.05, 0) is 83.7 Å². The van der Waals surface area contributed by atoms with Gasteiger partial charge < -0.3 is 0 Å². The molecular formula is C38H24S. The van der Waals surface area contributed by atoms with Crippen LogP contribution in [0, 0.1) is 0 Å². The topological polar surface area (TPSA) is 0 Å². The first kappa shape index (κ1) is 22.3. The van der Waals surface area contributed by atoms with Crippen LogP contribution >= 0.6 is 11.3 Å². The average molecular weight is 513 g/mol. The van der Waals surface area contributed by atoms with Crippen molar-refractivity contribution < 1.29 is 0 Å². The number of thiophene rings is 1. The average Bonchev–Trinajstić information content (AvgIpc) is 3.43. The monoisotopic (exact) mass is 512 g/mol. The van der Waals surface area contributed by atoms with Gasteiger partial charge in [-0.3, -0.25) is 0 Å². The number of benzene rings is 7. The van der Waals surface area contributed by atoms with Gasteiger partial charge in [0.05, 0.1) is 0 Å². The zero-order valence-electron chi connectivity index (χ0n) is 21.3. The molecule has 0 aliphatic carbocycles. The summed E-state index contributed by atoms with van der Waals surface area (Å²) >= 11 is 1.88. The summed E-state index contributed by atoms with van der Waals surface area (Å²) in [6, 6.07) is 53.2. The largest absolute Gasteiger partial charge is 0.135 e. The quantitative estimate of drug-likeness (QED) is 0.207. The summed E-state index contributed by atoms with van der Waals surface area (Å²) in [5, 5.41) is 9.04. The summed E-state index contributed by atoms with van der Waals surface area (Å²) in [5.74, 6) is 0. The standard InChI is InChI=1S/C38H24S/c1-2-12-26(13-3-1)37-31-16-6-8-18-33(31)38(34-19-9-7-17-32(34)37)27-21-22-35-28(23-27)24-36(39-35)30-20-10-14-25-11-4-5-15-29(25)30/h1-24H. The second-order valence-corrected chi connectivity index (χ2v) is 11.2. The summed E-state index contributed by atoms with van der Waals surface area (Å²) < 4.78 is 1.32. The highest BCUT2D eigenvalue weighted by Gasteiger charge is 2.17. The minimum Gasteiger partial charge on any atom is -0.135 e. The lowest BCUT2D eigenvalue weighted by atomic mass is 9.86. The maximum Gasteiger partial charge on any atom is 0.0361 e. The molecule has 0 saturated carbocycles. The molecule has 0 amide bonds. The van der Waals surface area contributed by atoms with Crippen molar-refractivity contribution in [2.45, 2.75) is 0 Å². The normalized spacial score (nSPS) is 11.6. The molecule has 0 radical (unpaired) electrons. The Morgan fingerprint density at radius 2 is 0.923 bits per heavy atom. The van der Waals surface area contributed by atoms with Gasteiger partial charge in [-0.25, -0.2) is 0 Å². The van der Waals surface area contributed by atoms with Gasteiger partial charge in [0.1, 0.15) is 0 Å². The lowest BCUT2D eigenvalue weighted by molar-refractivity contribution is 1.66. The molecule has 182 valence electrons. The van der Waals surface area contributed by atoms with Crippen molar-refractivity contribution in [1.82, 2.24) is 0 Å². The number of hydrogen-bond donors (Lipinski definition) is 0. The SMILES string of the molecule is c1ccc(-c2c3ccccc3c(-c3ccc4sc(-c5cccc6ccccc56)cc4c3)c3ccccc23)cc1. The van der Waals surface area contributed by atoms with Crippen LogP contribution in [0.4, 0.5) is 0 Å². The highest BCUT2D eigenvalue weighted by Crippen LogP contribution is 2.45. The fourth-order valence-electron chi connectivity index (χ4n) is 6.13. The van der Waals surface area contributed by atoms with Crippen LogP contribution in [0.25, 0.3) is 75.1 Å². The summed E-state index contributed by atoms with van der Waals surface area (Å²) in [6.07, 6.45) is 0. The van der Waals surface area contributed by atoms with Gasteiger partial charge in [-0.1, -0.05) is 127 Å². The number of fused-ring (bicyclic) bond motifs is 4. The molecule has 0 atom stereocenters. The maximum absolute atomic E-state index is 2.39. The third-order valence-electron chi connectivity index (χ3n) is 7.85. The molecule has 8 rings (SSSR count). The van der Waals surface area contributed by atoms with Gasteiger partial charge in [0.15, 0.2) is 0 Å². The van der Waals surface area contributed by atoms with Crippen LogP contribution in [0.5, 0.6) is 0 Å². The van der Waals surface area contributed by atoms with Gasteiger partial charge in [0, 0.05) is 9.58 Å². The van der Waals surface area contributed by atoms with Crippen LogP contribution < -0.4 is 0 Å². The molecule has 0 spiro atoms. The lowest BCUT2D eigenvalue weighted by Crippen LogP contribution is -1.90. The van der Waals surface area contributed by atoms with Crippen molar-refractivity contribution in [2.24, 2.45) is 0 Å². The lowest BCUT2D eigenvalue weighted by Gasteiger charge is -2.17. The molecule has 0 saturated heterocycles. The van der Waals surface area contributed by atoms with Gasteiger partial charge in [0.25, 0.3) is 0 Å². The first-order valence-corrected chi connectivity index (χ1v) is 14.2. The predicted molar refractivity (Wildman–Crippen MR) is 171 cm³/mol. The van der Waals surface area contributed by atoms with Crippen LogP contribution in [0.15, 0.2) is 146 Å². The minimum absolute atomic E-state index is 1.25. The molecule has 1 heterocycles. The summed E-state index contributed by atoms with van der Waals surface area (Å²) in [4.78, 5) is 1.31. The molecule has 0 N–H and O–H groups in total. The molecule has 0 aliphatic heterocycles. The molecule has 0 nitrogen and oxygen atoms in total. The highest BCUT2D eigenvalue weighted by molar-refractivity contribution is 7.22. The Morgan fingerprint density at radius 1 is 0.359 bits per heavy atom. The fourth-order valence-corrected chi connectivity index (χ4v) is 7.21. The number of rotatable bonds is 3. The first-order chi connectivity index (χ1) is 19.3. The molecule has 1 aromatic heterocycles. The molecular weight excluding hydrogens is 488 g/mol. The molecule has 0 fully saturated rings. The molecule has 39 heavy (non-hydrogen) atoms. The third-order valence-corrected chi connectivity index (χ3v) is 9.00. The Balaban J connectivity index is 1.38. The van der Waals surface area contributed by atoms with E-state index in [-0.39, 0.29) is 0 Å². The molecule has 7 aromatic carbocycles.